The molecule has 1 N–H and O–H groups in total. The number of non-ortho nitro benzene ring substituents is 1. The normalized spacial score (nSPS) is 17.0. The van der Waals surface area contributed by atoms with Gasteiger partial charge in [0.1, 0.15) is 13.2 Å². The number of anilines is 1. The summed E-state index contributed by atoms with van der Waals surface area (Å²) >= 11 is 0. The molecular formula is C18H17FN2O4. The zero-order chi connectivity index (χ0) is 17.4. The predicted molar refractivity (Wildman–Crippen MR) is 89.6 cm³/mol. The second-order valence-electron chi connectivity index (χ2n) is 6.28. The van der Waals surface area contributed by atoms with Gasteiger partial charge in [-0.1, -0.05) is 6.07 Å². The molecule has 0 spiro atoms. The molecule has 6 nitrogen and oxygen atoms in total. The van der Waals surface area contributed by atoms with E-state index in [-0.39, 0.29) is 17.4 Å². The Labute approximate surface area is 143 Å². The molecule has 130 valence electrons. The minimum Gasteiger partial charge on any atom is -0.486 e. The highest BCUT2D eigenvalue weighted by Crippen LogP contribution is 2.45. The van der Waals surface area contributed by atoms with Crippen LogP contribution in [-0.4, -0.2) is 18.1 Å². The maximum absolute atomic E-state index is 14.2. The van der Waals surface area contributed by atoms with Crippen LogP contribution in [0.4, 0.5) is 15.8 Å². The summed E-state index contributed by atoms with van der Waals surface area (Å²) in [7, 11) is 0. The highest BCUT2D eigenvalue weighted by atomic mass is 19.1. The molecule has 2 aromatic carbocycles. The first-order valence-corrected chi connectivity index (χ1v) is 8.22. The van der Waals surface area contributed by atoms with Gasteiger partial charge in [-0.2, -0.15) is 0 Å². The lowest BCUT2D eigenvalue weighted by molar-refractivity contribution is -0.385. The molecular weight excluding hydrogens is 327 g/mol. The molecule has 7 heteroatoms. The fourth-order valence-electron chi connectivity index (χ4n) is 3.06. The zero-order valence-corrected chi connectivity index (χ0v) is 13.4. The van der Waals surface area contributed by atoms with Crippen molar-refractivity contribution in [1.82, 2.24) is 0 Å². The molecule has 0 saturated heterocycles. The highest BCUT2D eigenvalue weighted by molar-refractivity contribution is 5.53. The maximum Gasteiger partial charge on any atom is 0.272 e. The summed E-state index contributed by atoms with van der Waals surface area (Å²) in [6.45, 7) is 1.04. The number of fused-ring (bicyclic) bond motifs is 1. The van der Waals surface area contributed by atoms with E-state index in [2.05, 4.69) is 5.32 Å². The van der Waals surface area contributed by atoms with Crippen molar-refractivity contribution in [1.29, 1.82) is 0 Å². The van der Waals surface area contributed by atoms with Crippen molar-refractivity contribution in [2.75, 3.05) is 18.5 Å². The minimum absolute atomic E-state index is 0.0771. The summed E-state index contributed by atoms with van der Waals surface area (Å²) in [4.78, 5) is 10.2. The van der Waals surface area contributed by atoms with Gasteiger partial charge in [0, 0.05) is 6.07 Å². The molecule has 25 heavy (non-hydrogen) atoms. The topological polar surface area (TPSA) is 73.6 Å². The Bertz CT molecular complexity index is 823. The monoisotopic (exact) mass is 344 g/mol. The molecule has 0 amide bonds. The van der Waals surface area contributed by atoms with E-state index in [1.54, 1.807) is 0 Å². The number of hydrogen-bond acceptors (Lipinski definition) is 5. The van der Waals surface area contributed by atoms with E-state index >= 15 is 0 Å². The first kappa shape index (κ1) is 15.7. The van der Waals surface area contributed by atoms with Gasteiger partial charge in [-0.3, -0.25) is 10.1 Å². The molecule has 0 bridgehead atoms. The molecule has 1 unspecified atom stereocenters. The van der Waals surface area contributed by atoms with Crippen LogP contribution in [0.2, 0.25) is 0 Å². The third kappa shape index (κ3) is 3.22. The summed E-state index contributed by atoms with van der Waals surface area (Å²) < 4.78 is 25.4. The van der Waals surface area contributed by atoms with Crippen molar-refractivity contribution in [3.8, 4) is 11.5 Å². The molecule has 4 rings (SSSR count). The van der Waals surface area contributed by atoms with Crippen LogP contribution in [0.1, 0.15) is 24.4 Å². The summed E-state index contributed by atoms with van der Waals surface area (Å²) in [5.41, 5.74) is 0.993. The van der Waals surface area contributed by atoms with Gasteiger partial charge >= 0.3 is 0 Å². The van der Waals surface area contributed by atoms with Gasteiger partial charge in [0.15, 0.2) is 17.3 Å². The van der Waals surface area contributed by atoms with Gasteiger partial charge in [-0.15, -0.1) is 0 Å². The minimum atomic E-state index is -0.627. The molecule has 1 atom stereocenters. The fraction of sp³-hybridized carbons (Fsp3) is 0.333. The first-order valence-electron chi connectivity index (χ1n) is 8.22. The lowest BCUT2D eigenvalue weighted by Gasteiger charge is -2.24. The number of nitrogens with one attached hydrogen (secondary N) is 1. The lowest BCUT2D eigenvalue weighted by atomic mass is 10.0. The van der Waals surface area contributed by atoms with Gasteiger partial charge < -0.3 is 14.8 Å². The van der Waals surface area contributed by atoms with E-state index in [1.807, 2.05) is 18.2 Å². The number of nitro benzene ring substituents is 1. The molecule has 1 saturated carbocycles. The number of halogens is 1. The van der Waals surface area contributed by atoms with E-state index in [4.69, 9.17) is 9.47 Å². The van der Waals surface area contributed by atoms with Crippen LogP contribution in [0.3, 0.4) is 0 Å². The molecule has 2 aromatic rings. The van der Waals surface area contributed by atoms with E-state index in [1.165, 1.54) is 12.1 Å². The largest absolute Gasteiger partial charge is 0.486 e. The van der Waals surface area contributed by atoms with Gasteiger partial charge in [-0.05, 0) is 42.5 Å². The number of hydrogen-bond donors (Lipinski definition) is 1. The molecule has 0 aromatic heterocycles. The summed E-state index contributed by atoms with van der Waals surface area (Å²) in [6, 6.07) is 9.33. The van der Waals surface area contributed by atoms with Crippen LogP contribution in [-0.2, 0) is 0 Å². The highest BCUT2D eigenvalue weighted by Gasteiger charge is 2.33. The van der Waals surface area contributed by atoms with Crippen molar-refractivity contribution in [3.63, 3.8) is 0 Å². The second-order valence-corrected chi connectivity index (χ2v) is 6.28. The molecule has 2 aliphatic rings. The summed E-state index contributed by atoms with van der Waals surface area (Å²) in [6.07, 6.45) is 2.11. The Balaban J connectivity index is 1.61. The Hall–Kier alpha value is -2.83. The van der Waals surface area contributed by atoms with Crippen molar-refractivity contribution >= 4 is 11.4 Å². The van der Waals surface area contributed by atoms with Crippen LogP contribution in [0, 0.1) is 21.8 Å². The number of benzene rings is 2. The second kappa shape index (κ2) is 6.23. The van der Waals surface area contributed by atoms with Crippen LogP contribution in [0.25, 0.3) is 0 Å². The quantitative estimate of drug-likeness (QED) is 0.654. The Morgan fingerprint density at radius 2 is 1.88 bits per heavy atom. The van der Waals surface area contributed by atoms with Crippen LogP contribution in [0.5, 0.6) is 11.5 Å². The number of ether oxygens (including phenoxy) is 2. The average Bonchev–Trinajstić information content (AvgIpc) is 3.45. The van der Waals surface area contributed by atoms with Gasteiger partial charge in [0.25, 0.3) is 5.69 Å². The van der Waals surface area contributed by atoms with Crippen LogP contribution in [0.15, 0.2) is 36.4 Å². The number of nitro groups is 1. The van der Waals surface area contributed by atoms with Crippen molar-refractivity contribution in [2.24, 2.45) is 5.92 Å². The van der Waals surface area contributed by atoms with Gasteiger partial charge in [0.2, 0.25) is 0 Å². The summed E-state index contributed by atoms with van der Waals surface area (Å²) in [5, 5.41) is 14.0. The molecule has 1 heterocycles. The van der Waals surface area contributed by atoms with E-state index in [0.717, 1.165) is 24.5 Å². The molecule has 0 radical (unpaired) electrons. The van der Waals surface area contributed by atoms with Crippen LogP contribution >= 0.6 is 0 Å². The molecule has 1 aliphatic heterocycles. The van der Waals surface area contributed by atoms with Crippen LogP contribution < -0.4 is 14.8 Å². The van der Waals surface area contributed by atoms with E-state index in [0.29, 0.717) is 30.6 Å². The molecule has 1 aliphatic carbocycles. The third-order valence-electron chi connectivity index (χ3n) is 4.49. The van der Waals surface area contributed by atoms with E-state index < -0.39 is 10.7 Å². The van der Waals surface area contributed by atoms with Gasteiger partial charge in [-0.25, -0.2) is 4.39 Å². The van der Waals surface area contributed by atoms with Crippen molar-refractivity contribution in [3.05, 3.63) is 57.9 Å². The van der Waals surface area contributed by atoms with E-state index in [9.17, 15) is 14.5 Å². The predicted octanol–water partition coefficient (Wildman–Crippen LogP) is 4.07. The smallest absolute Gasteiger partial charge is 0.272 e. The molecule has 1 fully saturated rings. The number of nitrogens with zero attached hydrogens (tertiary/aromatic N) is 1. The van der Waals surface area contributed by atoms with Crippen molar-refractivity contribution < 1.29 is 18.8 Å². The zero-order valence-electron chi connectivity index (χ0n) is 13.4. The lowest BCUT2D eigenvalue weighted by Crippen LogP contribution is -2.17. The number of rotatable bonds is 5. The third-order valence-corrected chi connectivity index (χ3v) is 4.49. The van der Waals surface area contributed by atoms with Crippen molar-refractivity contribution in [2.45, 2.75) is 18.9 Å². The average molecular weight is 344 g/mol. The standard InChI is InChI=1S/C18H17FN2O4/c19-14-10-13(21(22)23)4-5-15(14)20-18(11-1-2-11)12-3-6-16-17(9-12)25-8-7-24-16/h3-6,9-11,18,20H,1-2,7-8H2. The Morgan fingerprint density at radius 1 is 1.12 bits per heavy atom. The maximum atomic E-state index is 14.2. The first-order chi connectivity index (χ1) is 12.1. The Morgan fingerprint density at radius 3 is 2.56 bits per heavy atom. The Kier molecular flexibility index (Phi) is 3.91. The SMILES string of the molecule is O=[N+]([O-])c1ccc(NC(c2ccc3c(c2)OCCO3)C2CC2)c(F)c1. The van der Waals surface area contributed by atoms with Gasteiger partial charge in [0.05, 0.1) is 22.7 Å². The fourth-order valence-corrected chi connectivity index (χ4v) is 3.06. The summed E-state index contributed by atoms with van der Waals surface area (Å²) in [5.74, 6) is 1.18.